The largest absolute Gasteiger partial charge is 0.396 e. The fourth-order valence-electron chi connectivity index (χ4n) is 2.65. The SMILES string of the molecule is OCCC1CC(NCC(F)F)CN(c2ccsc2)C1. The average molecular weight is 290 g/mol. The zero-order valence-electron chi connectivity index (χ0n) is 10.8. The number of thiophene rings is 1. The third kappa shape index (κ3) is 4.40. The van der Waals surface area contributed by atoms with Crippen molar-refractivity contribution in [3.63, 3.8) is 0 Å². The number of hydrogen-bond acceptors (Lipinski definition) is 4. The van der Waals surface area contributed by atoms with Crippen molar-refractivity contribution in [1.82, 2.24) is 5.32 Å². The molecule has 0 spiro atoms. The van der Waals surface area contributed by atoms with Gasteiger partial charge >= 0.3 is 0 Å². The minimum Gasteiger partial charge on any atom is -0.396 e. The Morgan fingerprint density at radius 3 is 2.95 bits per heavy atom. The van der Waals surface area contributed by atoms with Crippen LogP contribution in [0.1, 0.15) is 12.8 Å². The Kier molecular flexibility index (Phi) is 5.54. The number of rotatable bonds is 6. The van der Waals surface area contributed by atoms with Crippen LogP contribution in [0.5, 0.6) is 0 Å². The van der Waals surface area contributed by atoms with Crippen molar-refractivity contribution in [2.24, 2.45) is 5.92 Å². The van der Waals surface area contributed by atoms with Gasteiger partial charge in [0.2, 0.25) is 0 Å². The maximum absolute atomic E-state index is 12.3. The van der Waals surface area contributed by atoms with Crippen molar-refractivity contribution in [1.29, 1.82) is 0 Å². The van der Waals surface area contributed by atoms with Gasteiger partial charge in [-0.05, 0) is 30.2 Å². The van der Waals surface area contributed by atoms with Crippen molar-refractivity contribution >= 4 is 17.0 Å². The van der Waals surface area contributed by atoms with Crippen LogP contribution in [-0.4, -0.2) is 43.8 Å². The quantitative estimate of drug-likeness (QED) is 0.843. The van der Waals surface area contributed by atoms with Crippen LogP contribution >= 0.6 is 11.3 Å². The highest BCUT2D eigenvalue weighted by Crippen LogP contribution is 2.26. The first-order valence-electron chi connectivity index (χ1n) is 6.58. The molecule has 1 aromatic heterocycles. The van der Waals surface area contributed by atoms with E-state index >= 15 is 0 Å². The van der Waals surface area contributed by atoms with E-state index in [2.05, 4.69) is 21.7 Å². The summed E-state index contributed by atoms with van der Waals surface area (Å²) in [5, 5.41) is 16.1. The summed E-state index contributed by atoms with van der Waals surface area (Å²) >= 11 is 1.64. The fourth-order valence-corrected chi connectivity index (χ4v) is 3.31. The Morgan fingerprint density at radius 2 is 2.32 bits per heavy atom. The van der Waals surface area contributed by atoms with E-state index in [0.29, 0.717) is 5.92 Å². The summed E-state index contributed by atoms with van der Waals surface area (Å²) in [6.07, 6.45) is -0.727. The van der Waals surface area contributed by atoms with Crippen LogP contribution < -0.4 is 10.2 Å². The van der Waals surface area contributed by atoms with Gasteiger partial charge in [-0.25, -0.2) is 8.78 Å². The first kappa shape index (κ1) is 14.7. The molecular formula is C13H20F2N2OS. The van der Waals surface area contributed by atoms with Gasteiger partial charge < -0.3 is 15.3 Å². The summed E-state index contributed by atoms with van der Waals surface area (Å²) in [5.74, 6) is 0.355. The number of hydrogen-bond donors (Lipinski definition) is 2. The second-order valence-corrected chi connectivity index (χ2v) is 5.78. The fraction of sp³-hybridized carbons (Fsp3) is 0.692. The van der Waals surface area contributed by atoms with Crippen LogP contribution in [0.4, 0.5) is 14.5 Å². The summed E-state index contributed by atoms with van der Waals surface area (Å²) < 4.78 is 24.6. The molecule has 0 saturated carbocycles. The molecule has 2 rings (SSSR count). The van der Waals surface area contributed by atoms with E-state index in [4.69, 9.17) is 5.11 Å². The molecule has 2 atom stereocenters. The highest BCUT2D eigenvalue weighted by atomic mass is 32.1. The Morgan fingerprint density at radius 1 is 1.47 bits per heavy atom. The molecule has 1 fully saturated rings. The lowest BCUT2D eigenvalue weighted by molar-refractivity contribution is 0.136. The number of nitrogens with zero attached hydrogens (tertiary/aromatic N) is 1. The zero-order valence-corrected chi connectivity index (χ0v) is 11.6. The van der Waals surface area contributed by atoms with Gasteiger partial charge in [-0.1, -0.05) is 0 Å². The first-order valence-corrected chi connectivity index (χ1v) is 7.53. The van der Waals surface area contributed by atoms with Crippen LogP contribution in [0, 0.1) is 5.92 Å². The second kappa shape index (κ2) is 7.17. The molecule has 0 aliphatic carbocycles. The molecule has 19 heavy (non-hydrogen) atoms. The monoisotopic (exact) mass is 290 g/mol. The van der Waals surface area contributed by atoms with Crippen LogP contribution in [-0.2, 0) is 0 Å². The summed E-state index contributed by atoms with van der Waals surface area (Å²) in [5.41, 5.74) is 1.15. The lowest BCUT2D eigenvalue weighted by Gasteiger charge is -2.39. The molecule has 2 N–H and O–H groups in total. The zero-order chi connectivity index (χ0) is 13.7. The molecule has 0 aromatic carbocycles. The number of aliphatic hydroxyl groups is 1. The predicted octanol–water partition coefficient (Wildman–Crippen LogP) is 2.18. The molecular weight excluding hydrogens is 270 g/mol. The van der Waals surface area contributed by atoms with E-state index in [-0.39, 0.29) is 19.2 Å². The molecule has 2 unspecified atom stereocenters. The number of piperidine rings is 1. The lowest BCUT2D eigenvalue weighted by Crippen LogP contribution is -2.50. The van der Waals surface area contributed by atoms with E-state index in [9.17, 15) is 8.78 Å². The molecule has 1 aliphatic heterocycles. The van der Waals surface area contributed by atoms with Crippen molar-refractivity contribution < 1.29 is 13.9 Å². The minimum absolute atomic E-state index is 0.0687. The highest BCUT2D eigenvalue weighted by Gasteiger charge is 2.27. The molecule has 108 valence electrons. The first-order chi connectivity index (χ1) is 9.19. The van der Waals surface area contributed by atoms with Crippen molar-refractivity contribution in [2.75, 3.05) is 31.1 Å². The maximum atomic E-state index is 12.3. The highest BCUT2D eigenvalue weighted by molar-refractivity contribution is 7.08. The predicted molar refractivity (Wildman–Crippen MR) is 74.1 cm³/mol. The number of nitrogens with one attached hydrogen (secondary N) is 1. The van der Waals surface area contributed by atoms with E-state index in [1.165, 1.54) is 0 Å². The van der Waals surface area contributed by atoms with Crippen LogP contribution in [0.3, 0.4) is 0 Å². The van der Waals surface area contributed by atoms with Crippen LogP contribution in [0.2, 0.25) is 0 Å². The van der Waals surface area contributed by atoms with E-state index in [1.807, 2.05) is 5.38 Å². The molecule has 0 radical (unpaired) electrons. The second-order valence-electron chi connectivity index (χ2n) is 5.00. The summed E-state index contributed by atoms with van der Waals surface area (Å²) in [6, 6.07) is 2.12. The number of alkyl halides is 2. The van der Waals surface area contributed by atoms with Crippen molar-refractivity contribution in [2.45, 2.75) is 25.3 Å². The maximum Gasteiger partial charge on any atom is 0.250 e. The molecule has 3 nitrogen and oxygen atoms in total. The average Bonchev–Trinajstić information content (AvgIpc) is 2.90. The molecule has 0 bridgehead atoms. The topological polar surface area (TPSA) is 35.5 Å². The summed E-state index contributed by atoms with van der Waals surface area (Å²) in [7, 11) is 0. The van der Waals surface area contributed by atoms with Gasteiger partial charge in [-0.2, -0.15) is 11.3 Å². The molecule has 1 aliphatic rings. The van der Waals surface area contributed by atoms with Crippen LogP contribution in [0.25, 0.3) is 0 Å². The van der Waals surface area contributed by atoms with Gasteiger partial charge in [0.05, 0.1) is 6.54 Å². The van der Waals surface area contributed by atoms with Gasteiger partial charge in [0, 0.05) is 36.8 Å². The molecule has 2 heterocycles. The van der Waals surface area contributed by atoms with Gasteiger partial charge in [0.1, 0.15) is 0 Å². The third-order valence-electron chi connectivity index (χ3n) is 3.51. The smallest absolute Gasteiger partial charge is 0.250 e. The molecule has 0 amide bonds. The molecule has 1 saturated heterocycles. The number of halogens is 2. The van der Waals surface area contributed by atoms with Gasteiger partial charge in [-0.3, -0.25) is 0 Å². The lowest BCUT2D eigenvalue weighted by atomic mass is 9.91. The molecule has 6 heteroatoms. The van der Waals surface area contributed by atoms with Gasteiger partial charge in [-0.15, -0.1) is 0 Å². The number of anilines is 1. The standard InChI is InChI=1S/C13H20F2N2OS/c14-13(15)6-16-11-5-10(1-3-18)7-17(8-11)12-2-4-19-9-12/h2,4,9-11,13,16,18H,1,3,5-8H2. The summed E-state index contributed by atoms with van der Waals surface area (Å²) in [4.78, 5) is 2.23. The summed E-state index contributed by atoms with van der Waals surface area (Å²) in [6.45, 7) is 1.55. The number of aliphatic hydroxyl groups excluding tert-OH is 1. The Labute approximate surface area is 116 Å². The van der Waals surface area contributed by atoms with E-state index in [1.54, 1.807) is 11.3 Å². The van der Waals surface area contributed by atoms with E-state index < -0.39 is 6.43 Å². The Bertz CT molecular complexity index is 362. The third-order valence-corrected chi connectivity index (χ3v) is 4.18. The molecule has 1 aromatic rings. The van der Waals surface area contributed by atoms with E-state index in [0.717, 1.165) is 31.6 Å². The van der Waals surface area contributed by atoms with Crippen molar-refractivity contribution in [3.05, 3.63) is 16.8 Å². The normalized spacial score (nSPS) is 24.1. The van der Waals surface area contributed by atoms with Gasteiger partial charge in [0.25, 0.3) is 6.43 Å². The Balaban J connectivity index is 1.96. The van der Waals surface area contributed by atoms with Crippen LogP contribution in [0.15, 0.2) is 16.8 Å². The van der Waals surface area contributed by atoms with Gasteiger partial charge in [0.15, 0.2) is 0 Å². The van der Waals surface area contributed by atoms with Crippen molar-refractivity contribution in [3.8, 4) is 0 Å². The Hall–Kier alpha value is -0.720. The minimum atomic E-state index is -2.31.